The van der Waals surface area contributed by atoms with Gasteiger partial charge in [-0.2, -0.15) is 0 Å². The van der Waals surface area contributed by atoms with Crippen molar-refractivity contribution in [2.45, 2.75) is 19.8 Å². The van der Waals surface area contributed by atoms with Crippen LogP contribution in [0.3, 0.4) is 0 Å². The van der Waals surface area contributed by atoms with Crippen molar-refractivity contribution in [3.63, 3.8) is 0 Å². The molecule has 4 heteroatoms. The van der Waals surface area contributed by atoms with E-state index in [4.69, 9.17) is 4.74 Å². The standard InChI is InChI=1S/C15H22N2O2/c1-12-4-5-14(19-2)13(10-12)11-15(18)17-8-3-6-16-7-9-17/h4-5,10,16H,3,6-9,11H2,1-2H3. The molecule has 1 heterocycles. The van der Waals surface area contributed by atoms with Gasteiger partial charge in [-0.25, -0.2) is 0 Å². The van der Waals surface area contributed by atoms with Crippen LogP contribution in [-0.2, 0) is 11.2 Å². The molecule has 1 N–H and O–H groups in total. The average molecular weight is 262 g/mol. The van der Waals surface area contributed by atoms with Crippen LogP contribution in [0.1, 0.15) is 17.5 Å². The van der Waals surface area contributed by atoms with Gasteiger partial charge in [0.2, 0.25) is 5.91 Å². The molecule has 104 valence electrons. The van der Waals surface area contributed by atoms with E-state index in [1.54, 1.807) is 7.11 Å². The van der Waals surface area contributed by atoms with Gasteiger partial charge in [0.25, 0.3) is 0 Å². The molecule has 0 aliphatic carbocycles. The molecule has 1 amide bonds. The van der Waals surface area contributed by atoms with E-state index in [-0.39, 0.29) is 5.91 Å². The molecule has 1 fully saturated rings. The summed E-state index contributed by atoms with van der Waals surface area (Å²) in [6, 6.07) is 5.97. The van der Waals surface area contributed by atoms with Crippen molar-refractivity contribution < 1.29 is 9.53 Å². The number of benzene rings is 1. The van der Waals surface area contributed by atoms with Crippen LogP contribution in [0.15, 0.2) is 18.2 Å². The maximum absolute atomic E-state index is 12.3. The van der Waals surface area contributed by atoms with Crippen LogP contribution in [-0.4, -0.2) is 44.1 Å². The number of nitrogens with one attached hydrogen (secondary N) is 1. The third kappa shape index (κ3) is 3.70. The summed E-state index contributed by atoms with van der Waals surface area (Å²) in [5.41, 5.74) is 2.13. The highest BCUT2D eigenvalue weighted by Gasteiger charge is 2.17. The molecule has 1 aliphatic rings. The van der Waals surface area contributed by atoms with Gasteiger partial charge in [-0.15, -0.1) is 0 Å². The second kappa shape index (κ2) is 6.57. The zero-order valence-electron chi connectivity index (χ0n) is 11.7. The number of carbonyl (C=O) groups excluding carboxylic acids is 1. The van der Waals surface area contributed by atoms with Crippen molar-refractivity contribution in [1.82, 2.24) is 10.2 Å². The van der Waals surface area contributed by atoms with E-state index in [2.05, 4.69) is 5.32 Å². The monoisotopic (exact) mass is 262 g/mol. The van der Waals surface area contributed by atoms with Crippen LogP contribution in [0.2, 0.25) is 0 Å². The Morgan fingerprint density at radius 3 is 3.00 bits per heavy atom. The van der Waals surface area contributed by atoms with Crippen LogP contribution in [0, 0.1) is 6.92 Å². The largest absolute Gasteiger partial charge is 0.496 e. The van der Waals surface area contributed by atoms with Crippen LogP contribution < -0.4 is 10.1 Å². The predicted octanol–water partition coefficient (Wildman–Crippen LogP) is 1.37. The predicted molar refractivity (Wildman–Crippen MR) is 75.5 cm³/mol. The SMILES string of the molecule is COc1ccc(C)cc1CC(=O)N1CCCNCC1. The zero-order valence-corrected chi connectivity index (χ0v) is 11.7. The summed E-state index contributed by atoms with van der Waals surface area (Å²) in [5, 5.41) is 3.31. The lowest BCUT2D eigenvalue weighted by Gasteiger charge is -2.20. The molecular weight excluding hydrogens is 240 g/mol. The highest BCUT2D eigenvalue weighted by atomic mass is 16.5. The third-order valence-corrected chi connectivity index (χ3v) is 3.47. The fraction of sp³-hybridized carbons (Fsp3) is 0.533. The van der Waals surface area contributed by atoms with Gasteiger partial charge in [0, 0.05) is 25.2 Å². The highest BCUT2D eigenvalue weighted by Crippen LogP contribution is 2.20. The molecular formula is C15H22N2O2. The summed E-state index contributed by atoms with van der Waals surface area (Å²) >= 11 is 0. The van der Waals surface area contributed by atoms with Crippen LogP contribution in [0.25, 0.3) is 0 Å². The van der Waals surface area contributed by atoms with E-state index in [0.29, 0.717) is 6.42 Å². The van der Waals surface area contributed by atoms with Crippen LogP contribution in [0.4, 0.5) is 0 Å². The molecule has 0 spiro atoms. The van der Waals surface area contributed by atoms with Crippen molar-refractivity contribution in [1.29, 1.82) is 0 Å². The van der Waals surface area contributed by atoms with Crippen LogP contribution in [0.5, 0.6) is 5.75 Å². The Hall–Kier alpha value is -1.55. The molecule has 0 atom stereocenters. The summed E-state index contributed by atoms with van der Waals surface area (Å²) in [6.07, 6.45) is 1.45. The molecule has 0 aromatic heterocycles. The Labute approximate surface area is 114 Å². The Balaban J connectivity index is 2.07. The van der Waals surface area contributed by atoms with Crippen LogP contribution >= 0.6 is 0 Å². The number of ether oxygens (including phenoxy) is 1. The highest BCUT2D eigenvalue weighted by molar-refractivity contribution is 5.79. The van der Waals surface area contributed by atoms with E-state index < -0.39 is 0 Å². The number of rotatable bonds is 3. The van der Waals surface area contributed by atoms with Crippen molar-refractivity contribution >= 4 is 5.91 Å². The molecule has 2 rings (SSSR count). The molecule has 0 unspecified atom stereocenters. The number of amides is 1. The lowest BCUT2D eigenvalue weighted by molar-refractivity contribution is -0.130. The zero-order chi connectivity index (χ0) is 13.7. The smallest absolute Gasteiger partial charge is 0.227 e. The summed E-state index contributed by atoms with van der Waals surface area (Å²) in [6.45, 7) is 5.56. The summed E-state index contributed by atoms with van der Waals surface area (Å²) in [5.74, 6) is 0.986. The van der Waals surface area contributed by atoms with Gasteiger partial charge in [-0.3, -0.25) is 4.79 Å². The quantitative estimate of drug-likeness (QED) is 0.894. The molecule has 0 radical (unpaired) electrons. The fourth-order valence-corrected chi connectivity index (χ4v) is 2.42. The molecule has 0 saturated carbocycles. The van der Waals surface area contributed by atoms with E-state index >= 15 is 0 Å². The lowest BCUT2D eigenvalue weighted by Crippen LogP contribution is -2.35. The first-order chi connectivity index (χ1) is 9.20. The van der Waals surface area contributed by atoms with Crippen molar-refractivity contribution in [3.8, 4) is 5.75 Å². The topological polar surface area (TPSA) is 41.6 Å². The Bertz CT molecular complexity index is 438. The minimum atomic E-state index is 0.188. The van der Waals surface area contributed by atoms with Crippen molar-refractivity contribution in [2.24, 2.45) is 0 Å². The summed E-state index contributed by atoms with van der Waals surface area (Å²) < 4.78 is 5.33. The normalized spacial score (nSPS) is 16.0. The first kappa shape index (κ1) is 13.9. The second-order valence-corrected chi connectivity index (χ2v) is 4.98. The summed E-state index contributed by atoms with van der Waals surface area (Å²) in [7, 11) is 1.65. The van der Waals surface area contributed by atoms with Gasteiger partial charge in [-0.05, 0) is 26.0 Å². The van der Waals surface area contributed by atoms with Gasteiger partial charge in [0.05, 0.1) is 13.5 Å². The van der Waals surface area contributed by atoms with Gasteiger partial charge >= 0.3 is 0 Å². The fourth-order valence-electron chi connectivity index (χ4n) is 2.42. The number of methoxy groups -OCH3 is 1. The number of nitrogens with zero attached hydrogens (tertiary/aromatic N) is 1. The molecule has 4 nitrogen and oxygen atoms in total. The minimum Gasteiger partial charge on any atom is -0.496 e. The maximum Gasteiger partial charge on any atom is 0.227 e. The van der Waals surface area contributed by atoms with Gasteiger partial charge in [-0.1, -0.05) is 17.7 Å². The Kier molecular flexibility index (Phi) is 4.80. The minimum absolute atomic E-state index is 0.188. The maximum atomic E-state index is 12.3. The number of hydrogen-bond acceptors (Lipinski definition) is 3. The molecule has 1 aromatic rings. The molecule has 1 aliphatic heterocycles. The molecule has 0 bridgehead atoms. The van der Waals surface area contributed by atoms with E-state index in [1.165, 1.54) is 0 Å². The third-order valence-electron chi connectivity index (χ3n) is 3.47. The second-order valence-electron chi connectivity index (χ2n) is 4.98. The summed E-state index contributed by atoms with van der Waals surface area (Å²) in [4.78, 5) is 14.3. The molecule has 19 heavy (non-hydrogen) atoms. The lowest BCUT2D eigenvalue weighted by atomic mass is 10.1. The number of hydrogen-bond donors (Lipinski definition) is 1. The molecule has 1 saturated heterocycles. The first-order valence-electron chi connectivity index (χ1n) is 6.82. The van der Waals surface area contributed by atoms with Gasteiger partial charge in [0.15, 0.2) is 0 Å². The number of aryl methyl sites for hydroxylation is 1. The average Bonchev–Trinajstić information content (AvgIpc) is 2.68. The first-order valence-corrected chi connectivity index (χ1v) is 6.82. The van der Waals surface area contributed by atoms with Gasteiger partial charge in [0.1, 0.15) is 5.75 Å². The molecule has 1 aromatic carbocycles. The Morgan fingerprint density at radius 1 is 1.37 bits per heavy atom. The van der Waals surface area contributed by atoms with E-state index in [0.717, 1.165) is 49.5 Å². The van der Waals surface area contributed by atoms with E-state index in [1.807, 2.05) is 30.0 Å². The number of carbonyl (C=O) groups is 1. The van der Waals surface area contributed by atoms with E-state index in [9.17, 15) is 4.79 Å². The van der Waals surface area contributed by atoms with Gasteiger partial charge < -0.3 is 15.0 Å². The van der Waals surface area contributed by atoms with Crippen molar-refractivity contribution in [2.75, 3.05) is 33.3 Å². The Morgan fingerprint density at radius 2 is 2.21 bits per heavy atom. The van der Waals surface area contributed by atoms with Crippen molar-refractivity contribution in [3.05, 3.63) is 29.3 Å².